The molecule has 0 saturated heterocycles. The second-order valence-corrected chi connectivity index (χ2v) is 20.1. The number of furan rings is 1. The second kappa shape index (κ2) is 20.0. The molecule has 3 aromatic heterocycles. The molecule has 0 saturated carbocycles. The van der Waals surface area contributed by atoms with E-state index in [2.05, 4.69) is 189 Å². The average Bonchev–Trinajstić information content (AvgIpc) is 4.06. The van der Waals surface area contributed by atoms with E-state index in [1.165, 1.54) is 71.4 Å². The Morgan fingerprint density at radius 2 is 1.18 bits per heavy atom. The fraction of sp³-hybridized carbons (Fsp3) is 0.164. The van der Waals surface area contributed by atoms with Crippen LogP contribution in [0.15, 0.2) is 199 Å². The molecule has 4 nitrogen and oxygen atoms in total. The van der Waals surface area contributed by atoms with Gasteiger partial charge in [-0.2, -0.15) is 0 Å². The number of nitrogens with zero attached hydrogens (tertiary/aromatic N) is 3. The molecule has 0 aliphatic heterocycles. The van der Waals surface area contributed by atoms with Crippen molar-refractivity contribution in [1.29, 1.82) is 0 Å². The van der Waals surface area contributed by atoms with Gasteiger partial charge in [0.25, 0.3) is 0 Å². The summed E-state index contributed by atoms with van der Waals surface area (Å²) < 4.78 is 25.6. The molecule has 0 fully saturated rings. The van der Waals surface area contributed by atoms with Crippen LogP contribution < -0.4 is 0 Å². The van der Waals surface area contributed by atoms with Crippen LogP contribution in [-0.4, -0.2) is 14.5 Å². The number of aromatic nitrogens is 3. The smallest absolute Gasteiger partial charge is 0.121 e. The molecule has 12 rings (SSSR count). The van der Waals surface area contributed by atoms with Crippen LogP contribution in [0.5, 0.6) is 0 Å². The fourth-order valence-electron chi connectivity index (χ4n) is 10.1. The van der Waals surface area contributed by atoms with Gasteiger partial charge in [0.15, 0.2) is 0 Å². The summed E-state index contributed by atoms with van der Waals surface area (Å²) in [6.45, 7) is 14.8. The van der Waals surface area contributed by atoms with E-state index < -0.39 is 11.8 Å². The molecule has 0 bridgehead atoms. The Kier molecular flexibility index (Phi) is 12.7. The first-order chi connectivity index (χ1) is 35.3. The molecule has 5 heteroatoms. The van der Waals surface area contributed by atoms with E-state index in [9.17, 15) is 0 Å². The standard InChI is InChI=1S/C51H39N2O.C16H18N.Ir/c1-31(2)42-27-36(34-16-9-6-10-17-34)28-43(32(3)4)49(42)53-25-24-52-51(53)41-21-13-20-40-47-29-45-38-19-12-11-18-37(38)44-26-35(33-14-7-5-8-15-33)22-23-39(44)46(45)30-48(47)54-50(40)41;1-16(2,3)11-13-9-10-15(17-12-13)14-7-5-4-6-8-14;/h5-20,22-32H,1-4H3;4-7,9-10,12H,11H2,1-3H3;/q2*-1;/i;11D2;. The molecule has 0 N–H and O–H groups in total. The van der Waals surface area contributed by atoms with Crippen molar-refractivity contribution in [3.05, 3.63) is 223 Å². The van der Waals surface area contributed by atoms with Gasteiger partial charge in [0.05, 0.1) is 11.4 Å². The third kappa shape index (κ3) is 9.32. The average molecular weight is 1110 g/mol. The quantitative estimate of drug-likeness (QED) is 0.112. The van der Waals surface area contributed by atoms with Gasteiger partial charge in [-0.15, -0.1) is 54.1 Å². The van der Waals surface area contributed by atoms with Gasteiger partial charge < -0.3 is 14.0 Å². The summed E-state index contributed by atoms with van der Waals surface area (Å²) in [6.07, 6.45) is 4.22. The van der Waals surface area contributed by atoms with Crippen molar-refractivity contribution in [2.45, 2.75) is 66.7 Å². The van der Waals surface area contributed by atoms with Crippen molar-refractivity contribution in [2.24, 2.45) is 5.41 Å². The predicted molar refractivity (Wildman–Crippen MR) is 298 cm³/mol. The van der Waals surface area contributed by atoms with Gasteiger partial charge >= 0.3 is 0 Å². The Balaban J connectivity index is 0.000000265. The summed E-state index contributed by atoms with van der Waals surface area (Å²) in [5.74, 6) is 1.41. The van der Waals surface area contributed by atoms with E-state index >= 15 is 0 Å². The molecular weight excluding hydrogens is 1050 g/mol. The third-order valence-corrected chi connectivity index (χ3v) is 13.4. The van der Waals surface area contributed by atoms with Gasteiger partial charge in [0, 0.05) is 52.5 Å². The molecule has 0 atom stereocenters. The fourth-order valence-corrected chi connectivity index (χ4v) is 10.1. The minimum atomic E-state index is -1.40. The number of hydrogen-bond donors (Lipinski definition) is 0. The molecule has 0 unspecified atom stereocenters. The first kappa shape index (κ1) is 45.7. The molecule has 0 spiro atoms. The molecule has 12 aromatic rings. The number of imidazole rings is 1. The molecular formula is C67H57IrN3O-2. The zero-order chi connectivity index (χ0) is 50.6. The Labute approximate surface area is 439 Å². The van der Waals surface area contributed by atoms with E-state index in [1.54, 1.807) is 6.20 Å². The largest absolute Gasteiger partial charge is 0.501 e. The minimum Gasteiger partial charge on any atom is -0.501 e. The maximum atomic E-state index is 8.21. The normalized spacial score (nSPS) is 12.3. The van der Waals surface area contributed by atoms with Gasteiger partial charge in [-0.3, -0.25) is 4.98 Å². The maximum absolute atomic E-state index is 8.21. The molecule has 1 radical (unpaired) electrons. The first-order valence-electron chi connectivity index (χ1n) is 25.7. The molecule has 72 heavy (non-hydrogen) atoms. The molecule has 0 aliphatic rings. The minimum absolute atomic E-state index is 0. The van der Waals surface area contributed by atoms with E-state index in [0.29, 0.717) is 17.4 Å². The van der Waals surface area contributed by atoms with Gasteiger partial charge in [-0.05, 0) is 131 Å². The number of benzene rings is 9. The first-order valence-corrected chi connectivity index (χ1v) is 24.7. The summed E-state index contributed by atoms with van der Waals surface area (Å²) in [7, 11) is 0. The number of rotatable bonds is 8. The molecule has 0 aliphatic carbocycles. The van der Waals surface area contributed by atoms with Crippen molar-refractivity contribution in [3.8, 4) is 50.6 Å². The van der Waals surface area contributed by atoms with Crippen molar-refractivity contribution in [3.63, 3.8) is 0 Å². The zero-order valence-corrected chi connectivity index (χ0v) is 44.1. The topological polar surface area (TPSA) is 43.9 Å². The van der Waals surface area contributed by atoms with Crippen molar-refractivity contribution < 1.29 is 27.3 Å². The van der Waals surface area contributed by atoms with Crippen molar-refractivity contribution in [1.82, 2.24) is 14.5 Å². The van der Waals surface area contributed by atoms with Gasteiger partial charge in [0.2, 0.25) is 0 Å². The molecule has 0 amide bonds. The number of fused-ring (bicyclic) bond motifs is 9. The van der Waals surface area contributed by atoms with Crippen molar-refractivity contribution in [2.75, 3.05) is 0 Å². The summed E-state index contributed by atoms with van der Waals surface area (Å²) in [5, 5.41) is 9.50. The Hall–Kier alpha value is -7.43. The Morgan fingerprint density at radius 1 is 0.556 bits per heavy atom. The van der Waals surface area contributed by atoms with Crippen LogP contribution in [0.1, 0.15) is 79.7 Å². The predicted octanol–water partition coefficient (Wildman–Crippen LogP) is 18.4. The van der Waals surface area contributed by atoms with Crippen LogP contribution in [0, 0.1) is 17.5 Å². The van der Waals surface area contributed by atoms with E-state index in [1.807, 2.05) is 69.4 Å². The van der Waals surface area contributed by atoms with Crippen molar-refractivity contribution >= 4 is 54.3 Å². The SMILES string of the molecule is CC(C)c1cc(-c2ccccc2)cc(C(C)C)c1-n1ccnc1-c1[c-]ccc2c1oc1cc3c4ccc(-c5ccccc5)cc4c4ccccc4c3cc12.[2H]C([2H])(c1ccc(-c2[c-]cccc2)nc1)C(C)(C)C.[Ir]. The third-order valence-electron chi connectivity index (χ3n) is 13.4. The zero-order valence-electron chi connectivity index (χ0n) is 43.7. The van der Waals surface area contributed by atoms with Crippen LogP contribution >= 0.6 is 0 Å². The number of pyridine rings is 1. The van der Waals surface area contributed by atoms with Crippen LogP contribution in [0.25, 0.3) is 105 Å². The van der Waals surface area contributed by atoms with Crippen LogP contribution in [0.3, 0.4) is 0 Å². The van der Waals surface area contributed by atoms with Gasteiger partial charge in [0.1, 0.15) is 5.58 Å². The molecule has 3 heterocycles. The van der Waals surface area contributed by atoms with E-state index in [-0.39, 0.29) is 20.1 Å². The number of hydrogen-bond acceptors (Lipinski definition) is 3. The van der Waals surface area contributed by atoms with E-state index in [0.717, 1.165) is 44.6 Å². The van der Waals surface area contributed by atoms with E-state index in [4.69, 9.17) is 12.1 Å². The summed E-state index contributed by atoms with van der Waals surface area (Å²) >= 11 is 0. The monoisotopic (exact) mass is 1110 g/mol. The van der Waals surface area contributed by atoms with Crippen LogP contribution in [0.2, 0.25) is 0 Å². The van der Waals surface area contributed by atoms with Crippen LogP contribution in [-0.2, 0) is 26.5 Å². The van der Waals surface area contributed by atoms with Gasteiger partial charge in [-0.1, -0.05) is 169 Å². The summed E-state index contributed by atoms with van der Waals surface area (Å²) in [6, 6.07) is 68.4. The maximum Gasteiger partial charge on any atom is 0.121 e. The van der Waals surface area contributed by atoms with Gasteiger partial charge in [-0.25, -0.2) is 0 Å². The second-order valence-electron chi connectivity index (χ2n) is 20.1. The summed E-state index contributed by atoms with van der Waals surface area (Å²) in [5.41, 5.74) is 13.1. The Bertz CT molecular complexity index is 3940. The molecule has 9 aromatic carbocycles. The summed E-state index contributed by atoms with van der Waals surface area (Å²) in [4.78, 5) is 9.36. The molecule has 357 valence electrons. The van der Waals surface area contributed by atoms with Crippen LogP contribution in [0.4, 0.5) is 0 Å². The Morgan fingerprint density at radius 3 is 1.81 bits per heavy atom.